The van der Waals surface area contributed by atoms with Gasteiger partial charge in [-0.1, -0.05) is 22.4 Å². The Hall–Kier alpha value is -2.74. The van der Waals surface area contributed by atoms with Gasteiger partial charge in [-0.2, -0.15) is 0 Å². The zero-order valence-electron chi connectivity index (χ0n) is 14.9. The highest BCUT2D eigenvalue weighted by atomic mass is 35.5. The molecule has 1 N–H and O–H groups in total. The van der Waals surface area contributed by atoms with Crippen molar-refractivity contribution >= 4 is 29.1 Å². The lowest BCUT2D eigenvalue weighted by Gasteiger charge is -2.17. The van der Waals surface area contributed by atoms with Crippen molar-refractivity contribution in [2.75, 3.05) is 11.4 Å². The van der Waals surface area contributed by atoms with Crippen molar-refractivity contribution in [1.82, 2.24) is 20.3 Å². The van der Waals surface area contributed by atoms with Gasteiger partial charge in [0.2, 0.25) is 5.91 Å². The Morgan fingerprint density at radius 3 is 2.93 bits per heavy atom. The number of allylic oxidation sites excluding steroid dienone is 1. The van der Waals surface area contributed by atoms with Crippen molar-refractivity contribution in [3.8, 4) is 0 Å². The summed E-state index contributed by atoms with van der Waals surface area (Å²) in [6, 6.07) is 3.65. The summed E-state index contributed by atoms with van der Waals surface area (Å²) in [6.45, 7) is 4.24. The molecule has 1 aliphatic heterocycles. The first-order chi connectivity index (χ1) is 12.8. The monoisotopic (exact) mass is 391 g/mol. The molecule has 0 aliphatic carbocycles. The van der Waals surface area contributed by atoms with Crippen LogP contribution in [0.1, 0.15) is 32.0 Å². The van der Waals surface area contributed by atoms with Gasteiger partial charge in [0.05, 0.1) is 18.4 Å². The average molecular weight is 392 g/mol. The largest absolute Gasteiger partial charge is 0.347 e. The fraction of sp³-hybridized carbons (Fsp3) is 0.333. The average Bonchev–Trinajstić information content (AvgIpc) is 3.19. The Bertz CT molecular complexity index is 907. The number of hydrogen-bond donors (Lipinski definition) is 1. The number of halogens is 2. The van der Waals surface area contributed by atoms with E-state index in [9.17, 15) is 14.0 Å². The number of hydrogen-bond acceptors (Lipinski definition) is 4. The smallest absolute Gasteiger partial charge is 0.252 e. The highest BCUT2D eigenvalue weighted by Gasteiger charge is 2.35. The first-order valence-corrected chi connectivity index (χ1v) is 8.83. The van der Waals surface area contributed by atoms with Crippen LogP contribution in [0.15, 0.2) is 36.0 Å². The van der Waals surface area contributed by atoms with Crippen molar-refractivity contribution in [2.24, 2.45) is 0 Å². The van der Waals surface area contributed by atoms with Crippen LogP contribution in [0.5, 0.6) is 0 Å². The van der Waals surface area contributed by atoms with Gasteiger partial charge in [-0.05, 0) is 38.5 Å². The zero-order valence-corrected chi connectivity index (χ0v) is 15.7. The number of amides is 2. The molecule has 1 aromatic carbocycles. The third kappa shape index (κ3) is 4.33. The minimum absolute atomic E-state index is 0.196. The minimum atomic E-state index is -0.560. The van der Waals surface area contributed by atoms with Crippen LogP contribution < -0.4 is 10.2 Å². The fourth-order valence-corrected chi connectivity index (χ4v) is 3.05. The van der Waals surface area contributed by atoms with E-state index < -0.39 is 11.9 Å². The first-order valence-electron chi connectivity index (χ1n) is 8.45. The Kier molecular flexibility index (Phi) is 5.55. The summed E-state index contributed by atoms with van der Waals surface area (Å²) in [4.78, 5) is 25.7. The predicted molar refractivity (Wildman–Crippen MR) is 98.7 cm³/mol. The molecule has 0 radical (unpaired) electrons. The Labute approximate surface area is 160 Å². The van der Waals surface area contributed by atoms with Gasteiger partial charge in [-0.3, -0.25) is 9.59 Å². The van der Waals surface area contributed by atoms with Gasteiger partial charge in [0.25, 0.3) is 5.91 Å². The number of rotatable bonds is 5. The van der Waals surface area contributed by atoms with Gasteiger partial charge < -0.3 is 10.2 Å². The first kappa shape index (κ1) is 19.0. The molecule has 0 bridgehead atoms. The lowest BCUT2D eigenvalue weighted by Crippen LogP contribution is -2.29. The minimum Gasteiger partial charge on any atom is -0.347 e. The molecule has 27 heavy (non-hydrogen) atoms. The quantitative estimate of drug-likeness (QED) is 0.794. The van der Waals surface area contributed by atoms with Crippen molar-refractivity contribution in [3.63, 3.8) is 0 Å². The summed E-state index contributed by atoms with van der Waals surface area (Å²) in [5, 5.41) is 11.0. The molecule has 2 amide bonds. The van der Waals surface area contributed by atoms with Crippen LogP contribution in [-0.4, -0.2) is 33.4 Å². The van der Waals surface area contributed by atoms with E-state index in [-0.39, 0.29) is 29.1 Å². The molecule has 1 fully saturated rings. The van der Waals surface area contributed by atoms with E-state index in [0.717, 1.165) is 5.57 Å². The van der Waals surface area contributed by atoms with Gasteiger partial charge >= 0.3 is 0 Å². The van der Waals surface area contributed by atoms with Gasteiger partial charge in [-0.15, -0.1) is 5.10 Å². The molecule has 0 saturated carbocycles. The van der Waals surface area contributed by atoms with Crippen LogP contribution in [0.2, 0.25) is 5.02 Å². The molecule has 1 aromatic heterocycles. The molecule has 2 heterocycles. The van der Waals surface area contributed by atoms with Crippen LogP contribution in [-0.2, 0) is 16.1 Å². The third-order valence-electron chi connectivity index (χ3n) is 4.12. The molecule has 3 rings (SSSR count). The maximum atomic E-state index is 14.1. The van der Waals surface area contributed by atoms with Gasteiger partial charge in [0.1, 0.15) is 17.6 Å². The second-order valence-corrected chi connectivity index (χ2v) is 6.96. The maximum absolute atomic E-state index is 14.1. The Morgan fingerprint density at radius 2 is 2.22 bits per heavy atom. The third-order valence-corrected chi connectivity index (χ3v) is 4.35. The number of carbonyl (C=O) groups excluding carboxylic acids is 2. The molecule has 1 atom stereocenters. The number of carbonyl (C=O) groups is 2. The van der Waals surface area contributed by atoms with Gasteiger partial charge in [0.15, 0.2) is 0 Å². The van der Waals surface area contributed by atoms with E-state index in [1.54, 1.807) is 12.3 Å². The Balaban J connectivity index is 1.68. The fourth-order valence-electron chi connectivity index (χ4n) is 2.89. The molecule has 1 unspecified atom stereocenters. The molecule has 0 spiro atoms. The Morgan fingerprint density at radius 1 is 1.44 bits per heavy atom. The van der Waals surface area contributed by atoms with Crippen molar-refractivity contribution < 1.29 is 14.0 Å². The predicted octanol–water partition coefficient (Wildman–Crippen LogP) is 2.63. The summed E-state index contributed by atoms with van der Waals surface area (Å²) in [5.74, 6) is -1.02. The summed E-state index contributed by atoms with van der Waals surface area (Å²) in [5.41, 5.74) is 1.62. The maximum Gasteiger partial charge on any atom is 0.252 e. The van der Waals surface area contributed by atoms with Crippen molar-refractivity contribution in [3.05, 3.63) is 52.6 Å². The lowest BCUT2D eigenvalue weighted by atomic mass is 10.2. The summed E-state index contributed by atoms with van der Waals surface area (Å²) in [6.07, 6.45) is 3.59. The van der Waals surface area contributed by atoms with E-state index in [1.165, 1.54) is 27.8 Å². The normalized spacial score (nSPS) is 16.5. The van der Waals surface area contributed by atoms with Crippen LogP contribution in [0.3, 0.4) is 0 Å². The number of aromatic nitrogens is 3. The standard InChI is InChI=1S/C18H19ClFN5O2/c1-11(2)7-17(26)21-9-13-10-25(23-22-13)16-5-6-24(18(16)27)15-4-3-12(19)8-14(15)20/h3-4,7-8,10,16H,5-6,9H2,1-2H3,(H,21,26). The summed E-state index contributed by atoms with van der Waals surface area (Å²) >= 11 is 5.77. The van der Waals surface area contributed by atoms with E-state index >= 15 is 0 Å². The molecule has 1 aliphatic rings. The highest BCUT2D eigenvalue weighted by molar-refractivity contribution is 6.30. The number of nitrogens with one attached hydrogen (secondary N) is 1. The van der Waals surface area contributed by atoms with Crippen molar-refractivity contribution in [2.45, 2.75) is 32.9 Å². The molecular formula is C18H19ClFN5O2. The van der Waals surface area contributed by atoms with E-state index in [0.29, 0.717) is 18.7 Å². The zero-order chi connectivity index (χ0) is 19.6. The number of anilines is 1. The summed E-state index contributed by atoms with van der Waals surface area (Å²) < 4.78 is 15.6. The van der Waals surface area contributed by atoms with Crippen LogP contribution in [0.25, 0.3) is 0 Å². The number of nitrogens with zero attached hydrogens (tertiary/aromatic N) is 4. The molecule has 2 aromatic rings. The lowest BCUT2D eigenvalue weighted by molar-refractivity contribution is -0.120. The molecular weight excluding hydrogens is 373 g/mol. The van der Waals surface area contributed by atoms with Gasteiger partial charge in [-0.25, -0.2) is 9.07 Å². The molecule has 142 valence electrons. The molecule has 7 nitrogen and oxygen atoms in total. The topological polar surface area (TPSA) is 80.1 Å². The SMILES string of the molecule is CC(C)=CC(=O)NCc1cn(C2CCN(c3ccc(Cl)cc3F)C2=O)nn1. The molecule has 9 heteroatoms. The van der Waals surface area contributed by atoms with E-state index in [2.05, 4.69) is 15.6 Å². The van der Waals surface area contributed by atoms with Crippen molar-refractivity contribution in [1.29, 1.82) is 0 Å². The summed E-state index contributed by atoms with van der Waals surface area (Å²) in [7, 11) is 0. The highest BCUT2D eigenvalue weighted by Crippen LogP contribution is 2.31. The van der Waals surface area contributed by atoms with Crippen LogP contribution in [0, 0.1) is 5.82 Å². The second kappa shape index (κ2) is 7.87. The number of benzene rings is 1. The van der Waals surface area contributed by atoms with E-state index in [1.807, 2.05) is 13.8 Å². The van der Waals surface area contributed by atoms with Crippen LogP contribution in [0.4, 0.5) is 10.1 Å². The second-order valence-electron chi connectivity index (χ2n) is 6.52. The van der Waals surface area contributed by atoms with E-state index in [4.69, 9.17) is 11.6 Å². The van der Waals surface area contributed by atoms with Crippen LogP contribution >= 0.6 is 11.6 Å². The van der Waals surface area contributed by atoms with Gasteiger partial charge in [0, 0.05) is 17.6 Å². The molecule has 1 saturated heterocycles.